The first-order chi connectivity index (χ1) is 13.5. The molecular weight excluding hydrogens is 368 g/mol. The zero-order chi connectivity index (χ0) is 19.8. The van der Waals surface area contributed by atoms with Crippen molar-refractivity contribution >= 4 is 10.8 Å². The molecule has 28 heavy (non-hydrogen) atoms. The lowest BCUT2D eigenvalue weighted by Gasteiger charge is -2.42. The fraction of sp³-hybridized carbons (Fsp3) is 0.565. The highest BCUT2D eigenvalue weighted by atomic mass is 19.3. The lowest BCUT2D eigenvalue weighted by Crippen LogP contribution is -2.30. The van der Waals surface area contributed by atoms with Gasteiger partial charge in [0.2, 0.25) is 0 Å². The molecule has 2 aromatic carbocycles. The first kappa shape index (κ1) is 19.5. The van der Waals surface area contributed by atoms with Crippen LogP contribution >= 0.6 is 0 Å². The number of rotatable bonds is 4. The fourth-order valence-electron chi connectivity index (χ4n) is 5.46. The van der Waals surface area contributed by atoms with E-state index in [4.69, 9.17) is 0 Å². The predicted molar refractivity (Wildman–Crippen MR) is 102 cm³/mol. The molecule has 0 aliphatic heterocycles. The first-order valence-electron chi connectivity index (χ1n) is 10.3. The van der Waals surface area contributed by atoms with Crippen molar-refractivity contribution < 1.29 is 22.3 Å². The number of alkyl halides is 2. The Kier molecular flexibility index (Phi) is 5.52. The Hall–Kier alpha value is -1.78. The minimum atomic E-state index is -3.15. The van der Waals surface area contributed by atoms with E-state index in [1.54, 1.807) is 0 Å². The molecule has 2 aliphatic carbocycles. The molecule has 152 valence electrons. The van der Waals surface area contributed by atoms with Gasteiger partial charge in [-0.15, -0.1) is 0 Å². The molecule has 0 heterocycles. The molecule has 2 aliphatic rings. The van der Waals surface area contributed by atoms with Gasteiger partial charge in [-0.05, 0) is 78.9 Å². The highest BCUT2D eigenvalue weighted by Gasteiger charge is 2.35. The lowest BCUT2D eigenvalue weighted by atomic mass is 9.63. The molecule has 1 nitrogen and oxygen atoms in total. The van der Waals surface area contributed by atoms with Crippen LogP contribution < -0.4 is 4.74 Å². The van der Waals surface area contributed by atoms with Crippen LogP contribution in [0.25, 0.3) is 10.8 Å². The summed E-state index contributed by atoms with van der Waals surface area (Å²) in [6.07, 6.45) is 8.36. The highest BCUT2D eigenvalue weighted by molar-refractivity contribution is 5.86. The Bertz CT molecular complexity index is 850. The van der Waals surface area contributed by atoms with Crippen LogP contribution in [0, 0.1) is 29.4 Å². The average Bonchev–Trinajstić information content (AvgIpc) is 2.68. The standard InChI is InChI=1S/C23H26F4O/c1-2-13-3-4-15-10-16(6-5-14(15)9-13)18-11-17-7-8-20(28-23(26)27)22(25)21(17)19(24)12-18/h7-8,11-16,23H,2-6,9-10H2,1H3. The van der Waals surface area contributed by atoms with Gasteiger partial charge in [0.1, 0.15) is 5.82 Å². The Balaban J connectivity index is 1.58. The fourth-order valence-corrected chi connectivity index (χ4v) is 5.46. The van der Waals surface area contributed by atoms with E-state index in [9.17, 15) is 17.6 Å². The molecule has 0 radical (unpaired) electrons. The van der Waals surface area contributed by atoms with Gasteiger partial charge in [0.25, 0.3) is 0 Å². The monoisotopic (exact) mass is 394 g/mol. The molecule has 2 fully saturated rings. The summed E-state index contributed by atoms with van der Waals surface area (Å²) in [6.45, 7) is -0.877. The summed E-state index contributed by atoms with van der Waals surface area (Å²) in [4.78, 5) is 0. The van der Waals surface area contributed by atoms with Crippen molar-refractivity contribution in [2.45, 2.75) is 64.4 Å². The van der Waals surface area contributed by atoms with Crippen LogP contribution in [-0.2, 0) is 0 Å². The topological polar surface area (TPSA) is 9.23 Å². The SMILES string of the molecule is CCC1CCC2CC(c3cc(F)c4c(F)c(OC(F)F)ccc4c3)CCC2C1. The van der Waals surface area contributed by atoms with Crippen molar-refractivity contribution in [2.75, 3.05) is 0 Å². The molecule has 0 bridgehead atoms. The predicted octanol–water partition coefficient (Wildman–Crippen LogP) is 7.43. The van der Waals surface area contributed by atoms with Crippen molar-refractivity contribution in [2.24, 2.45) is 17.8 Å². The van der Waals surface area contributed by atoms with Gasteiger partial charge < -0.3 is 4.74 Å². The van der Waals surface area contributed by atoms with E-state index < -0.39 is 24.0 Å². The van der Waals surface area contributed by atoms with Crippen LogP contribution in [0.1, 0.15) is 63.4 Å². The van der Waals surface area contributed by atoms with Crippen LogP contribution in [0.3, 0.4) is 0 Å². The summed E-state index contributed by atoms with van der Waals surface area (Å²) < 4.78 is 58.2. The third-order valence-electron chi connectivity index (χ3n) is 6.98. The van der Waals surface area contributed by atoms with E-state index in [-0.39, 0.29) is 11.3 Å². The first-order valence-corrected chi connectivity index (χ1v) is 10.3. The summed E-state index contributed by atoms with van der Waals surface area (Å²) in [5, 5.41) is 0.116. The Morgan fingerprint density at radius 2 is 1.75 bits per heavy atom. The molecular formula is C23H26F4O. The largest absolute Gasteiger partial charge is 0.432 e. The van der Waals surface area contributed by atoms with Crippen LogP contribution in [0.2, 0.25) is 0 Å². The second kappa shape index (κ2) is 7.92. The van der Waals surface area contributed by atoms with Gasteiger partial charge in [-0.2, -0.15) is 8.78 Å². The Labute approximate surface area is 163 Å². The molecule has 4 rings (SSSR count). The molecule has 0 spiro atoms. The van der Waals surface area contributed by atoms with Gasteiger partial charge in [-0.3, -0.25) is 0 Å². The molecule has 2 saturated carbocycles. The van der Waals surface area contributed by atoms with Gasteiger partial charge in [0.05, 0.1) is 5.39 Å². The molecule has 0 N–H and O–H groups in total. The van der Waals surface area contributed by atoms with Gasteiger partial charge in [0.15, 0.2) is 11.6 Å². The van der Waals surface area contributed by atoms with Gasteiger partial charge >= 0.3 is 6.61 Å². The highest BCUT2D eigenvalue weighted by Crippen LogP contribution is 2.48. The van der Waals surface area contributed by atoms with Crippen molar-refractivity contribution in [1.29, 1.82) is 0 Å². The average molecular weight is 394 g/mol. The maximum absolute atomic E-state index is 14.7. The van der Waals surface area contributed by atoms with E-state index in [1.165, 1.54) is 44.2 Å². The van der Waals surface area contributed by atoms with E-state index in [0.717, 1.165) is 36.3 Å². The number of hydrogen-bond donors (Lipinski definition) is 0. The van der Waals surface area contributed by atoms with E-state index in [2.05, 4.69) is 11.7 Å². The minimum Gasteiger partial charge on any atom is -0.432 e. The second-order valence-electron chi connectivity index (χ2n) is 8.47. The van der Waals surface area contributed by atoms with E-state index in [0.29, 0.717) is 11.3 Å². The molecule has 4 atom stereocenters. The normalized spacial score (nSPS) is 27.8. The van der Waals surface area contributed by atoms with Crippen LogP contribution in [0.4, 0.5) is 17.6 Å². The van der Waals surface area contributed by atoms with Crippen molar-refractivity contribution in [1.82, 2.24) is 0 Å². The zero-order valence-electron chi connectivity index (χ0n) is 16.1. The maximum atomic E-state index is 14.7. The van der Waals surface area contributed by atoms with Crippen LogP contribution in [-0.4, -0.2) is 6.61 Å². The Morgan fingerprint density at radius 1 is 1.00 bits per heavy atom. The number of benzene rings is 2. The molecule has 0 amide bonds. The molecule has 2 aromatic rings. The van der Waals surface area contributed by atoms with Crippen molar-refractivity contribution in [3.05, 3.63) is 41.5 Å². The smallest absolute Gasteiger partial charge is 0.387 e. The van der Waals surface area contributed by atoms with E-state index >= 15 is 0 Å². The third kappa shape index (κ3) is 3.72. The maximum Gasteiger partial charge on any atom is 0.387 e. The second-order valence-corrected chi connectivity index (χ2v) is 8.47. The molecule has 4 unspecified atom stereocenters. The van der Waals surface area contributed by atoms with Gasteiger partial charge in [0, 0.05) is 0 Å². The van der Waals surface area contributed by atoms with Gasteiger partial charge in [-0.1, -0.05) is 31.9 Å². The lowest BCUT2D eigenvalue weighted by molar-refractivity contribution is -0.0520. The number of hydrogen-bond acceptors (Lipinski definition) is 1. The van der Waals surface area contributed by atoms with Crippen LogP contribution in [0.15, 0.2) is 24.3 Å². The molecule has 5 heteroatoms. The molecule has 0 saturated heterocycles. The number of halogens is 4. The summed E-state index contributed by atoms with van der Waals surface area (Å²) >= 11 is 0. The summed E-state index contributed by atoms with van der Waals surface area (Å²) in [6, 6.07) is 5.81. The third-order valence-corrected chi connectivity index (χ3v) is 6.98. The minimum absolute atomic E-state index is 0.276. The van der Waals surface area contributed by atoms with Crippen LogP contribution in [0.5, 0.6) is 5.75 Å². The number of fused-ring (bicyclic) bond motifs is 2. The van der Waals surface area contributed by atoms with Gasteiger partial charge in [-0.25, -0.2) is 8.78 Å². The Morgan fingerprint density at radius 3 is 2.50 bits per heavy atom. The summed E-state index contributed by atoms with van der Waals surface area (Å²) in [7, 11) is 0. The number of ether oxygens (including phenoxy) is 1. The zero-order valence-corrected chi connectivity index (χ0v) is 16.1. The van der Waals surface area contributed by atoms with Crippen molar-refractivity contribution in [3.8, 4) is 5.75 Å². The van der Waals surface area contributed by atoms with E-state index in [1.807, 2.05) is 6.07 Å². The summed E-state index contributed by atoms with van der Waals surface area (Å²) in [5.41, 5.74) is 0.892. The quantitative estimate of drug-likeness (QED) is 0.490. The summed E-state index contributed by atoms with van der Waals surface area (Å²) in [5.74, 6) is 0.208. The van der Waals surface area contributed by atoms with Crippen molar-refractivity contribution in [3.63, 3.8) is 0 Å². The molecule has 0 aromatic heterocycles.